The number of nitrogens with zero attached hydrogens (tertiary/aromatic N) is 1. The molecule has 0 aromatic heterocycles. The summed E-state index contributed by atoms with van der Waals surface area (Å²) >= 11 is 7.62. The molecule has 2 aromatic carbocycles. The third-order valence-electron chi connectivity index (χ3n) is 3.55. The van der Waals surface area contributed by atoms with E-state index in [0.29, 0.717) is 21.2 Å². The molecular formula is C19H16ClNO2S. The molecule has 3 nitrogen and oxygen atoms in total. The Labute approximate surface area is 150 Å². The van der Waals surface area contributed by atoms with Gasteiger partial charge in [0.2, 0.25) is 0 Å². The minimum absolute atomic E-state index is 0.182. The molecule has 122 valence electrons. The Morgan fingerprint density at radius 1 is 0.917 bits per heavy atom. The number of carbonyl (C=O) groups excluding carboxylic acids is 2. The van der Waals surface area contributed by atoms with Gasteiger partial charge in [0.05, 0.1) is 21.2 Å². The molecule has 3 rings (SSSR count). The maximum absolute atomic E-state index is 13.0. The highest BCUT2D eigenvalue weighted by molar-refractivity contribution is 8.04. The van der Waals surface area contributed by atoms with Gasteiger partial charge in [-0.1, -0.05) is 67.9 Å². The van der Waals surface area contributed by atoms with Crippen LogP contribution in [0.5, 0.6) is 0 Å². The number of benzene rings is 2. The second-order valence-electron chi connectivity index (χ2n) is 5.63. The fourth-order valence-electron chi connectivity index (χ4n) is 2.57. The minimum atomic E-state index is -0.331. The maximum atomic E-state index is 13.0. The number of halogens is 1. The Bertz CT molecular complexity index is 830. The van der Waals surface area contributed by atoms with Gasteiger partial charge in [-0.3, -0.25) is 9.59 Å². The predicted molar refractivity (Wildman–Crippen MR) is 100 cm³/mol. The van der Waals surface area contributed by atoms with Crippen molar-refractivity contribution >= 4 is 46.4 Å². The van der Waals surface area contributed by atoms with Gasteiger partial charge >= 0.3 is 0 Å². The zero-order chi connectivity index (χ0) is 17.3. The summed E-state index contributed by atoms with van der Waals surface area (Å²) in [7, 11) is 0. The van der Waals surface area contributed by atoms with Crippen LogP contribution in [0, 0.1) is 0 Å². The first-order valence-corrected chi connectivity index (χ1v) is 8.86. The van der Waals surface area contributed by atoms with Crippen LogP contribution in [0.4, 0.5) is 5.69 Å². The van der Waals surface area contributed by atoms with Crippen molar-refractivity contribution in [3.8, 4) is 0 Å². The summed E-state index contributed by atoms with van der Waals surface area (Å²) in [5.74, 6) is -0.645. The molecule has 2 amide bonds. The van der Waals surface area contributed by atoms with Crippen LogP contribution in [0.15, 0.2) is 59.5 Å². The van der Waals surface area contributed by atoms with Crippen molar-refractivity contribution in [1.82, 2.24) is 0 Å². The number of amides is 2. The Morgan fingerprint density at radius 3 is 2.17 bits per heavy atom. The van der Waals surface area contributed by atoms with Crippen LogP contribution in [0.1, 0.15) is 19.4 Å². The molecule has 0 fully saturated rings. The zero-order valence-corrected chi connectivity index (χ0v) is 14.9. The number of imide groups is 1. The number of carbonyl (C=O) groups is 2. The summed E-state index contributed by atoms with van der Waals surface area (Å²) in [5, 5.41) is 0.559. The topological polar surface area (TPSA) is 37.4 Å². The van der Waals surface area contributed by atoms with Crippen molar-refractivity contribution in [1.29, 1.82) is 0 Å². The second kappa shape index (κ2) is 6.83. The van der Waals surface area contributed by atoms with Gasteiger partial charge in [-0.05, 0) is 17.7 Å². The van der Waals surface area contributed by atoms with Crippen molar-refractivity contribution in [3.05, 3.63) is 70.1 Å². The Kier molecular flexibility index (Phi) is 4.78. The molecule has 0 N–H and O–H groups in total. The van der Waals surface area contributed by atoms with Crippen molar-refractivity contribution in [2.75, 3.05) is 4.90 Å². The summed E-state index contributed by atoms with van der Waals surface area (Å²) in [6, 6.07) is 16.2. The van der Waals surface area contributed by atoms with Gasteiger partial charge in [0, 0.05) is 5.25 Å². The fourth-order valence-corrected chi connectivity index (χ4v) is 3.77. The van der Waals surface area contributed by atoms with Crippen LogP contribution in [-0.2, 0) is 9.59 Å². The standard InChI is InChI=1S/C19H16ClNO2S/c1-12(2)24-17-16(13-8-4-3-5-9-13)18(22)21(19(17)23)15-11-7-6-10-14(15)20/h3-12H,1-2H3. The Hall–Kier alpha value is -2.04. The lowest BCUT2D eigenvalue weighted by Gasteiger charge is -2.16. The highest BCUT2D eigenvalue weighted by atomic mass is 35.5. The maximum Gasteiger partial charge on any atom is 0.272 e. The van der Waals surface area contributed by atoms with E-state index in [9.17, 15) is 9.59 Å². The van der Waals surface area contributed by atoms with Gasteiger partial charge < -0.3 is 0 Å². The quantitative estimate of drug-likeness (QED) is 0.740. The number of thioether (sulfide) groups is 1. The summed E-state index contributed by atoms with van der Waals surface area (Å²) in [6.07, 6.45) is 0. The third kappa shape index (κ3) is 2.99. The van der Waals surface area contributed by atoms with E-state index < -0.39 is 0 Å². The molecular weight excluding hydrogens is 342 g/mol. The molecule has 0 spiro atoms. The predicted octanol–water partition coefficient (Wildman–Crippen LogP) is 4.77. The van der Waals surface area contributed by atoms with Crippen molar-refractivity contribution < 1.29 is 9.59 Å². The van der Waals surface area contributed by atoms with E-state index in [2.05, 4.69) is 0 Å². The average Bonchev–Trinajstić information content (AvgIpc) is 2.79. The normalized spacial score (nSPS) is 14.9. The lowest BCUT2D eigenvalue weighted by Crippen LogP contribution is -2.31. The largest absolute Gasteiger partial charge is 0.272 e. The molecule has 0 bridgehead atoms. The van der Waals surface area contributed by atoms with Crippen LogP contribution in [0.25, 0.3) is 5.57 Å². The van der Waals surface area contributed by atoms with Gasteiger partial charge in [-0.25, -0.2) is 4.90 Å². The van der Waals surface area contributed by atoms with Crippen LogP contribution < -0.4 is 4.90 Å². The molecule has 1 aliphatic rings. The van der Waals surface area contributed by atoms with E-state index in [4.69, 9.17) is 11.6 Å². The first kappa shape index (κ1) is 16.8. The molecule has 0 saturated carbocycles. The van der Waals surface area contributed by atoms with E-state index in [1.165, 1.54) is 16.7 Å². The molecule has 1 heterocycles. The van der Waals surface area contributed by atoms with Crippen molar-refractivity contribution in [3.63, 3.8) is 0 Å². The van der Waals surface area contributed by atoms with Crippen molar-refractivity contribution in [2.45, 2.75) is 19.1 Å². The number of para-hydroxylation sites is 1. The molecule has 0 atom stereocenters. The van der Waals surface area contributed by atoms with E-state index in [0.717, 1.165) is 5.56 Å². The number of hydrogen-bond donors (Lipinski definition) is 0. The Morgan fingerprint density at radius 2 is 1.54 bits per heavy atom. The molecule has 24 heavy (non-hydrogen) atoms. The summed E-state index contributed by atoms with van der Waals surface area (Å²) < 4.78 is 0. The molecule has 1 aliphatic heterocycles. The van der Waals surface area contributed by atoms with Crippen molar-refractivity contribution in [2.24, 2.45) is 0 Å². The van der Waals surface area contributed by atoms with Crippen LogP contribution in [0.3, 0.4) is 0 Å². The summed E-state index contributed by atoms with van der Waals surface area (Å²) in [4.78, 5) is 27.6. The second-order valence-corrected chi connectivity index (χ2v) is 7.63. The smallest absolute Gasteiger partial charge is 0.268 e. The van der Waals surface area contributed by atoms with Gasteiger partial charge in [0.15, 0.2) is 0 Å². The van der Waals surface area contributed by atoms with Gasteiger partial charge in [-0.15, -0.1) is 11.8 Å². The van der Waals surface area contributed by atoms with Gasteiger partial charge in [-0.2, -0.15) is 0 Å². The molecule has 5 heteroatoms. The van der Waals surface area contributed by atoms with E-state index >= 15 is 0 Å². The summed E-state index contributed by atoms with van der Waals surface area (Å²) in [5.41, 5.74) is 1.61. The molecule has 2 aromatic rings. The Balaban J connectivity index is 2.13. The number of rotatable bonds is 4. The highest BCUT2D eigenvalue weighted by Gasteiger charge is 2.41. The van der Waals surface area contributed by atoms with Crippen LogP contribution in [0.2, 0.25) is 5.02 Å². The van der Waals surface area contributed by atoms with E-state index in [-0.39, 0.29) is 17.1 Å². The fraction of sp³-hybridized carbons (Fsp3) is 0.158. The van der Waals surface area contributed by atoms with E-state index in [1.807, 2.05) is 44.2 Å². The van der Waals surface area contributed by atoms with Crippen LogP contribution in [-0.4, -0.2) is 17.1 Å². The zero-order valence-electron chi connectivity index (χ0n) is 13.3. The van der Waals surface area contributed by atoms with Gasteiger partial charge in [0.25, 0.3) is 11.8 Å². The van der Waals surface area contributed by atoms with E-state index in [1.54, 1.807) is 24.3 Å². The third-order valence-corrected chi connectivity index (χ3v) is 4.96. The van der Waals surface area contributed by atoms with Gasteiger partial charge in [0.1, 0.15) is 0 Å². The molecule has 0 saturated heterocycles. The molecule has 0 aliphatic carbocycles. The highest BCUT2D eigenvalue weighted by Crippen LogP contribution is 2.41. The monoisotopic (exact) mass is 357 g/mol. The lowest BCUT2D eigenvalue weighted by molar-refractivity contribution is -0.119. The first-order chi connectivity index (χ1) is 11.5. The number of anilines is 1. The summed E-state index contributed by atoms with van der Waals surface area (Å²) in [6.45, 7) is 3.99. The average molecular weight is 358 g/mol. The molecule has 0 radical (unpaired) electrons. The number of hydrogen-bond acceptors (Lipinski definition) is 3. The SMILES string of the molecule is CC(C)SC1=C(c2ccccc2)C(=O)N(c2ccccc2Cl)C1=O. The lowest BCUT2D eigenvalue weighted by atomic mass is 10.1. The minimum Gasteiger partial charge on any atom is -0.268 e. The van der Waals surface area contributed by atoms with Crippen LogP contribution >= 0.6 is 23.4 Å². The molecule has 0 unspecified atom stereocenters. The first-order valence-electron chi connectivity index (χ1n) is 7.60.